The molecular formula is C19H12Cl2F4N4O2. The minimum absolute atomic E-state index is 0.0428. The molecule has 0 N–H and O–H groups in total. The quantitative estimate of drug-likeness (QED) is 0.167. The molecule has 0 aromatic heterocycles. The van der Waals surface area contributed by atoms with Crippen LogP contribution in [0.3, 0.4) is 0 Å². The van der Waals surface area contributed by atoms with Gasteiger partial charge in [0.25, 0.3) is 5.60 Å². The van der Waals surface area contributed by atoms with Crippen molar-refractivity contribution in [3.63, 3.8) is 0 Å². The van der Waals surface area contributed by atoms with E-state index in [2.05, 4.69) is 15.2 Å². The van der Waals surface area contributed by atoms with Gasteiger partial charge in [-0.3, -0.25) is 0 Å². The predicted octanol–water partition coefficient (Wildman–Crippen LogP) is 6.46. The van der Waals surface area contributed by atoms with Gasteiger partial charge in [0.1, 0.15) is 5.75 Å². The molecule has 0 saturated carbocycles. The third-order valence-electron chi connectivity index (χ3n) is 5.19. The number of azide groups is 1. The molecule has 0 radical (unpaired) electrons. The average Bonchev–Trinajstić information content (AvgIpc) is 3.38. The van der Waals surface area contributed by atoms with E-state index in [0.717, 1.165) is 12.1 Å². The van der Waals surface area contributed by atoms with Crippen molar-refractivity contribution in [2.24, 2.45) is 10.3 Å². The van der Waals surface area contributed by atoms with Crippen molar-refractivity contribution in [3.8, 4) is 5.75 Å². The van der Waals surface area contributed by atoms with Crippen LogP contribution in [0, 0.1) is 5.82 Å². The first kappa shape index (κ1) is 21.5. The van der Waals surface area contributed by atoms with Gasteiger partial charge >= 0.3 is 6.18 Å². The van der Waals surface area contributed by atoms with Crippen molar-refractivity contribution in [3.05, 3.63) is 72.8 Å². The zero-order valence-corrected chi connectivity index (χ0v) is 17.0. The maximum Gasteiger partial charge on any atom is 0.435 e. The second-order valence-electron chi connectivity index (χ2n) is 6.95. The smallest absolute Gasteiger partial charge is 0.435 e. The van der Waals surface area contributed by atoms with Gasteiger partial charge in [-0.15, -0.1) is 0 Å². The number of nitrogens with zero attached hydrogens (tertiary/aromatic N) is 4. The Morgan fingerprint density at radius 1 is 1.23 bits per heavy atom. The molecule has 0 bridgehead atoms. The second kappa shape index (κ2) is 7.78. The molecule has 12 heteroatoms. The second-order valence-corrected chi connectivity index (χ2v) is 7.77. The maximum absolute atomic E-state index is 14.2. The molecule has 0 saturated heterocycles. The molecule has 31 heavy (non-hydrogen) atoms. The number of hydrogen-bond donors (Lipinski definition) is 0. The molecule has 0 fully saturated rings. The van der Waals surface area contributed by atoms with Crippen LogP contribution in [0.4, 0.5) is 17.6 Å². The zero-order chi connectivity index (χ0) is 22.4. The van der Waals surface area contributed by atoms with Crippen LogP contribution in [-0.4, -0.2) is 18.5 Å². The van der Waals surface area contributed by atoms with E-state index in [1.54, 1.807) is 12.1 Å². The number of halogens is 6. The lowest BCUT2D eigenvalue weighted by atomic mass is 9.85. The molecule has 2 aromatic carbocycles. The van der Waals surface area contributed by atoms with Crippen molar-refractivity contribution < 1.29 is 27.1 Å². The Hall–Kier alpha value is -2.68. The lowest BCUT2D eigenvalue weighted by Crippen LogP contribution is -2.42. The molecule has 0 spiro atoms. The van der Waals surface area contributed by atoms with Crippen molar-refractivity contribution in [1.82, 2.24) is 0 Å². The number of rotatable bonds is 4. The van der Waals surface area contributed by atoms with Gasteiger partial charge in [0.2, 0.25) is 0 Å². The molecule has 1 unspecified atom stereocenters. The molecule has 0 aliphatic carbocycles. The Morgan fingerprint density at radius 3 is 2.58 bits per heavy atom. The fourth-order valence-corrected chi connectivity index (χ4v) is 4.19. The van der Waals surface area contributed by atoms with E-state index < -0.39 is 39.6 Å². The monoisotopic (exact) mass is 474 g/mol. The molecule has 1 atom stereocenters. The van der Waals surface area contributed by atoms with Gasteiger partial charge in [0.15, 0.2) is 5.82 Å². The third kappa shape index (κ3) is 3.54. The van der Waals surface area contributed by atoms with Crippen LogP contribution >= 0.6 is 23.2 Å². The number of alkyl halides is 3. The zero-order valence-electron chi connectivity index (χ0n) is 15.5. The fourth-order valence-electron chi connectivity index (χ4n) is 3.70. The summed E-state index contributed by atoms with van der Waals surface area (Å²) in [4.78, 5) is 7.69. The summed E-state index contributed by atoms with van der Waals surface area (Å²) >= 11 is 11.5. The highest BCUT2D eigenvalue weighted by molar-refractivity contribution is 6.35. The third-order valence-corrected chi connectivity index (χ3v) is 5.74. The van der Waals surface area contributed by atoms with Gasteiger partial charge in [0, 0.05) is 40.0 Å². The van der Waals surface area contributed by atoms with Gasteiger partial charge in [-0.1, -0.05) is 45.6 Å². The summed E-state index contributed by atoms with van der Waals surface area (Å²) in [5.74, 6) is -0.556. The van der Waals surface area contributed by atoms with Crippen LogP contribution in [0.25, 0.3) is 10.4 Å². The minimum atomic E-state index is -4.90. The number of ether oxygens (including phenoxy) is 1. The normalized spacial score (nSPS) is 19.9. The first-order valence-corrected chi connectivity index (χ1v) is 9.69. The van der Waals surface area contributed by atoms with Crippen LogP contribution < -0.4 is 4.74 Å². The van der Waals surface area contributed by atoms with Crippen molar-refractivity contribution >= 4 is 28.9 Å². The van der Waals surface area contributed by atoms with Crippen molar-refractivity contribution in [2.45, 2.75) is 31.2 Å². The van der Waals surface area contributed by atoms with E-state index >= 15 is 0 Å². The Bertz CT molecular complexity index is 1130. The first-order valence-electron chi connectivity index (χ1n) is 8.93. The molecule has 2 aliphatic heterocycles. The number of benzene rings is 2. The molecule has 162 valence electrons. The highest BCUT2D eigenvalue weighted by Crippen LogP contribution is 2.50. The van der Waals surface area contributed by atoms with E-state index in [4.69, 9.17) is 38.3 Å². The summed E-state index contributed by atoms with van der Waals surface area (Å²) < 4.78 is 61.9. The number of hydrogen-bond acceptors (Lipinski definition) is 4. The standard InChI is InChI=1S/C19H12Cl2F4N4O2/c20-13-5-10(6-14(21)16(13)22)18(19(23,24)25)7-15(28-31-18)11-2-1-9(8-27-29-26)17-12(11)3-4-30-17/h1-2,5-6H,3-4,7-8H2. The van der Waals surface area contributed by atoms with E-state index in [-0.39, 0.29) is 12.3 Å². The Balaban J connectivity index is 1.76. The highest BCUT2D eigenvalue weighted by Gasteiger charge is 2.62. The van der Waals surface area contributed by atoms with Gasteiger partial charge in [-0.2, -0.15) is 13.2 Å². The Kier molecular flexibility index (Phi) is 5.41. The van der Waals surface area contributed by atoms with E-state index in [1.807, 2.05) is 0 Å². The van der Waals surface area contributed by atoms with Crippen LogP contribution in [0.5, 0.6) is 5.75 Å². The molecule has 2 aliphatic rings. The Morgan fingerprint density at radius 2 is 1.94 bits per heavy atom. The van der Waals surface area contributed by atoms with Crippen molar-refractivity contribution in [2.75, 3.05) is 6.61 Å². The van der Waals surface area contributed by atoms with Crippen LogP contribution in [0.15, 0.2) is 34.5 Å². The molecule has 0 amide bonds. The fraction of sp³-hybridized carbons (Fsp3) is 0.316. The summed E-state index contributed by atoms with van der Waals surface area (Å²) in [6.45, 7) is 0.374. The first-order chi connectivity index (χ1) is 14.7. The minimum Gasteiger partial charge on any atom is -0.493 e. The molecule has 2 aromatic rings. The average molecular weight is 475 g/mol. The summed E-state index contributed by atoms with van der Waals surface area (Å²) in [7, 11) is 0. The number of fused-ring (bicyclic) bond motifs is 1. The SMILES string of the molecule is [N-]=[N+]=NCc1ccc(C2=NOC(c3cc(Cl)c(F)c(Cl)c3)(C(F)(F)F)C2)c2c1OCC2. The predicted molar refractivity (Wildman–Crippen MR) is 105 cm³/mol. The summed E-state index contributed by atoms with van der Waals surface area (Å²) in [5.41, 5.74) is 6.96. The van der Waals surface area contributed by atoms with E-state index in [1.165, 1.54) is 0 Å². The van der Waals surface area contributed by atoms with Crippen LogP contribution in [0.2, 0.25) is 10.0 Å². The summed E-state index contributed by atoms with van der Waals surface area (Å²) in [6.07, 6.45) is -5.12. The summed E-state index contributed by atoms with van der Waals surface area (Å²) in [6, 6.07) is 4.88. The summed E-state index contributed by atoms with van der Waals surface area (Å²) in [5, 5.41) is 6.13. The van der Waals surface area contributed by atoms with Gasteiger partial charge < -0.3 is 9.57 Å². The van der Waals surface area contributed by atoms with Crippen LogP contribution in [0.1, 0.15) is 28.7 Å². The van der Waals surface area contributed by atoms with Gasteiger partial charge in [-0.25, -0.2) is 4.39 Å². The molecular weight excluding hydrogens is 463 g/mol. The van der Waals surface area contributed by atoms with E-state index in [9.17, 15) is 17.6 Å². The highest BCUT2D eigenvalue weighted by atomic mass is 35.5. The largest absolute Gasteiger partial charge is 0.493 e. The lowest BCUT2D eigenvalue weighted by molar-refractivity contribution is -0.275. The number of oxime groups is 1. The molecule has 6 nitrogen and oxygen atoms in total. The van der Waals surface area contributed by atoms with Crippen LogP contribution in [-0.2, 0) is 23.4 Å². The molecule has 2 heterocycles. The Labute approximate surface area is 183 Å². The van der Waals surface area contributed by atoms with E-state index in [0.29, 0.717) is 35.5 Å². The topological polar surface area (TPSA) is 79.6 Å². The molecule has 4 rings (SSSR count). The lowest BCUT2D eigenvalue weighted by Gasteiger charge is -2.29. The van der Waals surface area contributed by atoms with Gasteiger partial charge in [-0.05, 0) is 17.7 Å². The van der Waals surface area contributed by atoms with Crippen molar-refractivity contribution in [1.29, 1.82) is 0 Å². The maximum atomic E-state index is 14.2. The van der Waals surface area contributed by atoms with Gasteiger partial charge in [0.05, 0.1) is 28.9 Å².